The lowest BCUT2D eigenvalue weighted by Crippen LogP contribution is -2.47. The zero-order valence-electron chi connectivity index (χ0n) is 32.5. The van der Waals surface area contributed by atoms with Crippen LogP contribution in [0.15, 0.2) is 152 Å². The molecular formula is C52H51BN2. The van der Waals surface area contributed by atoms with E-state index < -0.39 is 0 Å². The van der Waals surface area contributed by atoms with Crippen LogP contribution in [0.2, 0.25) is 0 Å². The fourth-order valence-corrected chi connectivity index (χ4v) is 8.73. The minimum Gasteiger partial charge on any atom is -0.355 e. The predicted molar refractivity (Wildman–Crippen MR) is 241 cm³/mol. The summed E-state index contributed by atoms with van der Waals surface area (Å²) < 4.78 is 0. The molecule has 55 heavy (non-hydrogen) atoms. The molecule has 1 aliphatic rings. The molecule has 2 nitrogen and oxygen atoms in total. The molecule has 272 valence electrons. The van der Waals surface area contributed by atoms with Crippen molar-refractivity contribution in [1.29, 1.82) is 0 Å². The van der Waals surface area contributed by atoms with E-state index in [1.54, 1.807) is 0 Å². The molecule has 0 amide bonds. The third-order valence-corrected chi connectivity index (χ3v) is 12.0. The van der Waals surface area contributed by atoms with Crippen molar-refractivity contribution < 1.29 is 0 Å². The summed E-state index contributed by atoms with van der Waals surface area (Å²) in [6, 6.07) is 49.5. The van der Waals surface area contributed by atoms with Crippen LogP contribution >= 0.6 is 0 Å². The monoisotopic (exact) mass is 714 g/mol. The Labute approximate surface area is 328 Å². The molecular weight excluding hydrogens is 663 g/mol. The van der Waals surface area contributed by atoms with Gasteiger partial charge in [-0.05, 0) is 141 Å². The summed E-state index contributed by atoms with van der Waals surface area (Å²) in [5.41, 5.74) is 10.9. The van der Waals surface area contributed by atoms with Crippen LogP contribution in [0.5, 0.6) is 0 Å². The lowest BCUT2D eigenvalue weighted by molar-refractivity contribution is 0.289. The van der Waals surface area contributed by atoms with E-state index in [-0.39, 0.29) is 11.5 Å². The molecule has 0 fully saturated rings. The van der Waals surface area contributed by atoms with Crippen molar-refractivity contribution in [3.05, 3.63) is 163 Å². The van der Waals surface area contributed by atoms with Crippen molar-refractivity contribution in [3.63, 3.8) is 0 Å². The van der Waals surface area contributed by atoms with Crippen molar-refractivity contribution in [2.75, 3.05) is 11.8 Å². The average Bonchev–Trinajstić information content (AvgIpc) is 3.23. The minimum absolute atomic E-state index is 0.181. The molecule has 7 aromatic carbocycles. The van der Waals surface area contributed by atoms with Crippen LogP contribution in [-0.2, 0) is 0 Å². The van der Waals surface area contributed by atoms with Crippen LogP contribution in [0.1, 0.15) is 76.3 Å². The van der Waals surface area contributed by atoms with E-state index in [1.165, 1.54) is 84.1 Å². The Morgan fingerprint density at radius 3 is 2.13 bits per heavy atom. The van der Waals surface area contributed by atoms with Gasteiger partial charge in [-0.1, -0.05) is 148 Å². The van der Waals surface area contributed by atoms with Crippen LogP contribution in [0.25, 0.3) is 60.1 Å². The SMILES string of the molecule is [B]CNC(C)(CCCCC)C(C)c1cc(-c2ccccc2)cc2c(-c3cc4ccccc4cc3Nc3ccc(C4=CC=CCC4)cc3)cc3ccccc3c12. The van der Waals surface area contributed by atoms with Crippen molar-refractivity contribution in [2.24, 2.45) is 0 Å². The quantitative estimate of drug-likeness (QED) is 0.0706. The highest BCUT2D eigenvalue weighted by Gasteiger charge is 2.33. The molecule has 0 spiro atoms. The zero-order valence-corrected chi connectivity index (χ0v) is 32.5. The first-order chi connectivity index (χ1) is 27.0. The van der Waals surface area contributed by atoms with Gasteiger partial charge in [-0.2, -0.15) is 0 Å². The van der Waals surface area contributed by atoms with Gasteiger partial charge >= 0.3 is 0 Å². The topological polar surface area (TPSA) is 24.1 Å². The molecule has 1 aliphatic carbocycles. The van der Waals surface area contributed by atoms with Gasteiger partial charge in [0, 0.05) is 22.5 Å². The van der Waals surface area contributed by atoms with E-state index >= 15 is 0 Å². The van der Waals surface area contributed by atoms with E-state index in [1.807, 2.05) is 0 Å². The lowest BCUT2D eigenvalue weighted by Gasteiger charge is -2.38. The first kappa shape index (κ1) is 36.6. The van der Waals surface area contributed by atoms with Gasteiger partial charge in [0.1, 0.15) is 0 Å². The predicted octanol–water partition coefficient (Wildman–Crippen LogP) is 14.1. The minimum atomic E-state index is -0.185. The summed E-state index contributed by atoms with van der Waals surface area (Å²) in [5.74, 6) is 0.181. The van der Waals surface area contributed by atoms with E-state index in [2.05, 4.69) is 183 Å². The third-order valence-electron chi connectivity index (χ3n) is 12.0. The van der Waals surface area contributed by atoms with Gasteiger partial charge in [-0.15, -0.1) is 0 Å². The first-order valence-corrected chi connectivity index (χ1v) is 20.2. The molecule has 2 unspecified atom stereocenters. The van der Waals surface area contributed by atoms with Crippen molar-refractivity contribution >= 4 is 57.1 Å². The molecule has 0 heterocycles. The molecule has 2 N–H and O–H groups in total. The summed E-state index contributed by atoms with van der Waals surface area (Å²) in [6.07, 6.45) is 13.9. The number of benzene rings is 7. The van der Waals surface area contributed by atoms with Crippen molar-refractivity contribution in [2.45, 2.75) is 70.8 Å². The fourth-order valence-electron chi connectivity index (χ4n) is 8.73. The summed E-state index contributed by atoms with van der Waals surface area (Å²) in [7, 11) is 6.31. The number of unbranched alkanes of at least 4 members (excludes halogenated alkanes) is 2. The molecule has 2 atom stereocenters. The Kier molecular flexibility index (Phi) is 10.7. The lowest BCUT2D eigenvalue weighted by atomic mass is 9.74. The number of hydrogen-bond donors (Lipinski definition) is 2. The normalized spacial score (nSPS) is 14.6. The molecule has 0 aromatic heterocycles. The maximum absolute atomic E-state index is 6.31. The second-order valence-electron chi connectivity index (χ2n) is 15.6. The first-order valence-electron chi connectivity index (χ1n) is 20.2. The number of fused-ring (bicyclic) bond motifs is 4. The van der Waals surface area contributed by atoms with Crippen LogP contribution < -0.4 is 10.6 Å². The molecule has 0 aliphatic heterocycles. The molecule has 0 saturated heterocycles. The number of nitrogens with one attached hydrogen (secondary N) is 2. The second-order valence-corrected chi connectivity index (χ2v) is 15.6. The largest absolute Gasteiger partial charge is 0.355 e. The molecule has 0 bridgehead atoms. The van der Waals surface area contributed by atoms with Gasteiger partial charge in [0.2, 0.25) is 0 Å². The molecule has 0 saturated carbocycles. The third kappa shape index (κ3) is 7.51. The zero-order chi connectivity index (χ0) is 37.8. The standard InChI is InChI=1S/C52H51BN2/c1-4-5-16-29-52(3,54-35-53)36(2)46-32-43(38-19-10-7-11-20-38)33-49-47(31-42-23-14-15-24-45(42)51(46)49)48-30-40-21-12-13-22-41(40)34-50(48)55-44-27-25-39(26-28-44)37-17-8-6-9-18-37/h6-8,10-15,17,19-28,30-34,36,54-55H,4-5,9,16,18,29,35H2,1-3H3. The van der Waals surface area contributed by atoms with Crippen molar-refractivity contribution in [1.82, 2.24) is 5.32 Å². The highest BCUT2D eigenvalue weighted by molar-refractivity contribution is 6.18. The van der Waals surface area contributed by atoms with E-state index in [0.717, 1.165) is 37.1 Å². The summed E-state index contributed by atoms with van der Waals surface area (Å²) in [5, 5.41) is 15.2. The van der Waals surface area contributed by atoms with Gasteiger partial charge in [0.05, 0.1) is 7.85 Å². The van der Waals surface area contributed by atoms with E-state index in [0.29, 0.717) is 6.44 Å². The van der Waals surface area contributed by atoms with Crippen LogP contribution in [-0.4, -0.2) is 19.8 Å². The number of allylic oxidation sites excluding steroid dienone is 4. The second kappa shape index (κ2) is 16.2. The molecule has 3 heteroatoms. The summed E-state index contributed by atoms with van der Waals surface area (Å²) in [6.45, 7) is 7.07. The summed E-state index contributed by atoms with van der Waals surface area (Å²) >= 11 is 0. The fraction of sp³-hybridized carbons (Fsp3) is 0.231. The van der Waals surface area contributed by atoms with Gasteiger partial charge in [0.25, 0.3) is 0 Å². The van der Waals surface area contributed by atoms with Gasteiger partial charge < -0.3 is 10.6 Å². The molecule has 2 radical (unpaired) electrons. The highest BCUT2D eigenvalue weighted by atomic mass is 15.0. The Morgan fingerprint density at radius 2 is 1.40 bits per heavy atom. The maximum Gasteiger partial charge on any atom is 0.0859 e. The van der Waals surface area contributed by atoms with Crippen LogP contribution in [0.3, 0.4) is 0 Å². The molecule has 8 rings (SSSR count). The van der Waals surface area contributed by atoms with Crippen molar-refractivity contribution in [3.8, 4) is 22.3 Å². The summed E-state index contributed by atoms with van der Waals surface area (Å²) in [4.78, 5) is 0. The average molecular weight is 715 g/mol. The van der Waals surface area contributed by atoms with Gasteiger partial charge in [-0.3, -0.25) is 0 Å². The van der Waals surface area contributed by atoms with Crippen LogP contribution in [0.4, 0.5) is 11.4 Å². The maximum atomic E-state index is 6.31. The Morgan fingerprint density at radius 1 is 0.691 bits per heavy atom. The van der Waals surface area contributed by atoms with Gasteiger partial charge in [0.15, 0.2) is 0 Å². The Balaban J connectivity index is 1.38. The number of rotatable bonds is 13. The van der Waals surface area contributed by atoms with Crippen LogP contribution in [0, 0.1) is 0 Å². The highest BCUT2D eigenvalue weighted by Crippen LogP contribution is 2.47. The van der Waals surface area contributed by atoms with Gasteiger partial charge in [-0.25, -0.2) is 0 Å². The van der Waals surface area contributed by atoms with E-state index in [9.17, 15) is 0 Å². The van der Waals surface area contributed by atoms with E-state index in [4.69, 9.17) is 7.85 Å². The molecule has 7 aromatic rings. The number of anilines is 2. The Hall–Kier alpha value is -5.38. The number of hydrogen-bond acceptors (Lipinski definition) is 2. The smallest absolute Gasteiger partial charge is 0.0859 e. The Bertz CT molecular complexity index is 2510.